The number of methoxy groups -OCH3 is 1. The summed E-state index contributed by atoms with van der Waals surface area (Å²) in [5.74, 6) is 5.68. The first-order chi connectivity index (χ1) is 8.07. The molecule has 0 bridgehead atoms. The van der Waals surface area contributed by atoms with Gasteiger partial charge in [0.15, 0.2) is 0 Å². The van der Waals surface area contributed by atoms with Crippen LogP contribution >= 0.6 is 0 Å². The van der Waals surface area contributed by atoms with Gasteiger partial charge in [-0.1, -0.05) is 31.2 Å². The lowest BCUT2D eigenvalue weighted by molar-refractivity contribution is -0.0288. The highest BCUT2D eigenvalue weighted by atomic mass is 16.5. The molecule has 0 saturated carbocycles. The molecule has 0 amide bonds. The van der Waals surface area contributed by atoms with Gasteiger partial charge in [-0.05, 0) is 37.8 Å². The Balaban J connectivity index is 2.87. The van der Waals surface area contributed by atoms with Crippen LogP contribution in [0.1, 0.15) is 31.4 Å². The Hall–Kier alpha value is -0.900. The minimum atomic E-state index is -0.239. The summed E-state index contributed by atoms with van der Waals surface area (Å²) in [6.45, 7) is 6.33. The molecule has 3 heteroatoms. The van der Waals surface area contributed by atoms with Crippen molar-refractivity contribution >= 4 is 0 Å². The van der Waals surface area contributed by atoms with Crippen LogP contribution in [0.4, 0.5) is 0 Å². The average Bonchev–Trinajstić information content (AvgIpc) is 2.37. The second kappa shape index (κ2) is 6.15. The number of rotatable bonds is 6. The van der Waals surface area contributed by atoms with E-state index in [0.717, 1.165) is 12.8 Å². The fourth-order valence-electron chi connectivity index (χ4n) is 2.04. The van der Waals surface area contributed by atoms with E-state index in [1.54, 1.807) is 7.11 Å². The van der Waals surface area contributed by atoms with Crippen molar-refractivity contribution in [2.24, 2.45) is 5.84 Å². The molecule has 0 fully saturated rings. The minimum absolute atomic E-state index is 0.110. The number of nitrogens with two attached hydrogens (primary N) is 1. The summed E-state index contributed by atoms with van der Waals surface area (Å²) in [7, 11) is 1.74. The van der Waals surface area contributed by atoms with Crippen LogP contribution in [0.3, 0.4) is 0 Å². The van der Waals surface area contributed by atoms with E-state index in [-0.39, 0.29) is 11.6 Å². The molecule has 0 radical (unpaired) electrons. The van der Waals surface area contributed by atoms with Gasteiger partial charge in [-0.3, -0.25) is 11.3 Å². The Morgan fingerprint density at radius 1 is 1.41 bits per heavy atom. The SMILES string of the molecule is CCC(C)(OC)C(Cc1ccccc1C)NN. The van der Waals surface area contributed by atoms with Gasteiger partial charge in [0.1, 0.15) is 0 Å². The van der Waals surface area contributed by atoms with Gasteiger partial charge in [0, 0.05) is 7.11 Å². The van der Waals surface area contributed by atoms with Crippen LogP contribution in [0, 0.1) is 6.92 Å². The van der Waals surface area contributed by atoms with Gasteiger partial charge in [-0.15, -0.1) is 0 Å². The zero-order valence-corrected chi connectivity index (χ0v) is 11.3. The van der Waals surface area contributed by atoms with Crippen LogP contribution in [-0.4, -0.2) is 18.8 Å². The molecule has 3 N–H and O–H groups in total. The van der Waals surface area contributed by atoms with Crippen molar-refractivity contribution < 1.29 is 4.74 Å². The largest absolute Gasteiger partial charge is 0.377 e. The van der Waals surface area contributed by atoms with Crippen molar-refractivity contribution in [1.82, 2.24) is 5.43 Å². The molecule has 0 aliphatic heterocycles. The van der Waals surface area contributed by atoms with Crippen LogP contribution in [0.5, 0.6) is 0 Å². The Kier molecular flexibility index (Phi) is 5.12. The predicted molar refractivity (Wildman–Crippen MR) is 71.7 cm³/mol. The molecule has 2 unspecified atom stereocenters. The maximum Gasteiger partial charge on any atom is 0.0817 e. The second-order valence-corrected chi connectivity index (χ2v) is 4.72. The van der Waals surface area contributed by atoms with Crippen LogP contribution in [-0.2, 0) is 11.2 Å². The van der Waals surface area contributed by atoms with Gasteiger partial charge in [0.2, 0.25) is 0 Å². The number of benzene rings is 1. The Labute approximate surface area is 104 Å². The van der Waals surface area contributed by atoms with Crippen molar-refractivity contribution in [2.75, 3.05) is 7.11 Å². The lowest BCUT2D eigenvalue weighted by Crippen LogP contribution is -2.53. The third kappa shape index (κ3) is 3.28. The van der Waals surface area contributed by atoms with E-state index in [0.29, 0.717) is 0 Å². The van der Waals surface area contributed by atoms with Gasteiger partial charge < -0.3 is 4.74 Å². The molecule has 3 nitrogen and oxygen atoms in total. The molecule has 0 heterocycles. The van der Waals surface area contributed by atoms with E-state index in [1.165, 1.54) is 11.1 Å². The molecule has 17 heavy (non-hydrogen) atoms. The third-order valence-corrected chi connectivity index (χ3v) is 3.79. The average molecular weight is 236 g/mol. The smallest absolute Gasteiger partial charge is 0.0817 e. The van der Waals surface area contributed by atoms with E-state index < -0.39 is 0 Å². The van der Waals surface area contributed by atoms with Crippen molar-refractivity contribution in [2.45, 2.75) is 45.3 Å². The van der Waals surface area contributed by atoms with Gasteiger partial charge in [0.05, 0.1) is 11.6 Å². The maximum absolute atomic E-state index is 5.68. The Morgan fingerprint density at radius 2 is 2.06 bits per heavy atom. The first-order valence-corrected chi connectivity index (χ1v) is 6.13. The molecule has 0 aromatic heterocycles. The fraction of sp³-hybridized carbons (Fsp3) is 0.571. The summed E-state index contributed by atoms with van der Waals surface area (Å²) in [4.78, 5) is 0. The van der Waals surface area contributed by atoms with E-state index in [9.17, 15) is 0 Å². The zero-order chi connectivity index (χ0) is 12.9. The standard InChI is InChI=1S/C14H24N2O/c1-5-14(3,17-4)13(16-15)10-12-9-7-6-8-11(12)2/h6-9,13,16H,5,10,15H2,1-4H3. The normalized spacial score (nSPS) is 16.5. The summed E-state index contributed by atoms with van der Waals surface area (Å²) in [6.07, 6.45) is 1.80. The van der Waals surface area contributed by atoms with E-state index in [2.05, 4.69) is 50.5 Å². The number of ether oxygens (including phenoxy) is 1. The lowest BCUT2D eigenvalue weighted by atomic mass is 9.87. The third-order valence-electron chi connectivity index (χ3n) is 3.79. The molecule has 0 aliphatic rings. The summed E-state index contributed by atoms with van der Waals surface area (Å²) in [5.41, 5.74) is 5.26. The monoisotopic (exact) mass is 236 g/mol. The molecule has 2 atom stereocenters. The fourth-order valence-corrected chi connectivity index (χ4v) is 2.04. The van der Waals surface area contributed by atoms with Crippen molar-refractivity contribution in [3.63, 3.8) is 0 Å². The quantitative estimate of drug-likeness (QED) is 0.588. The van der Waals surface area contributed by atoms with E-state index in [4.69, 9.17) is 10.6 Å². The second-order valence-electron chi connectivity index (χ2n) is 4.72. The number of aryl methyl sites for hydroxylation is 1. The van der Waals surface area contributed by atoms with Crippen LogP contribution in [0.15, 0.2) is 24.3 Å². The number of hydrogen-bond donors (Lipinski definition) is 2. The lowest BCUT2D eigenvalue weighted by Gasteiger charge is -2.35. The first kappa shape index (κ1) is 14.2. The zero-order valence-electron chi connectivity index (χ0n) is 11.3. The minimum Gasteiger partial charge on any atom is -0.377 e. The summed E-state index contributed by atoms with van der Waals surface area (Å²) in [5, 5.41) is 0. The van der Waals surface area contributed by atoms with Crippen molar-refractivity contribution in [1.29, 1.82) is 0 Å². The molecule has 1 aromatic rings. The highest BCUT2D eigenvalue weighted by Crippen LogP contribution is 2.23. The predicted octanol–water partition coefficient (Wildman–Crippen LogP) is 2.18. The van der Waals surface area contributed by atoms with Gasteiger partial charge >= 0.3 is 0 Å². The highest BCUT2D eigenvalue weighted by Gasteiger charge is 2.32. The molecule has 1 aromatic carbocycles. The van der Waals surface area contributed by atoms with Crippen LogP contribution < -0.4 is 11.3 Å². The van der Waals surface area contributed by atoms with E-state index in [1.807, 2.05) is 0 Å². The number of hydrazine groups is 1. The Bertz CT molecular complexity index is 348. The number of nitrogens with one attached hydrogen (secondary N) is 1. The molecule has 0 saturated heterocycles. The van der Waals surface area contributed by atoms with Gasteiger partial charge in [-0.2, -0.15) is 0 Å². The number of hydrogen-bond acceptors (Lipinski definition) is 3. The van der Waals surface area contributed by atoms with Crippen LogP contribution in [0.25, 0.3) is 0 Å². The summed E-state index contributed by atoms with van der Waals surface area (Å²) < 4.78 is 5.61. The molecular formula is C14H24N2O. The molecule has 96 valence electrons. The van der Waals surface area contributed by atoms with Gasteiger partial charge in [0.25, 0.3) is 0 Å². The van der Waals surface area contributed by atoms with Gasteiger partial charge in [-0.25, -0.2) is 0 Å². The molecule has 1 rings (SSSR count). The molecular weight excluding hydrogens is 212 g/mol. The first-order valence-electron chi connectivity index (χ1n) is 6.13. The highest BCUT2D eigenvalue weighted by molar-refractivity contribution is 5.26. The summed E-state index contributed by atoms with van der Waals surface area (Å²) >= 11 is 0. The summed E-state index contributed by atoms with van der Waals surface area (Å²) in [6, 6.07) is 8.49. The van der Waals surface area contributed by atoms with Crippen LogP contribution in [0.2, 0.25) is 0 Å². The molecule has 0 aliphatic carbocycles. The maximum atomic E-state index is 5.68. The van der Waals surface area contributed by atoms with E-state index >= 15 is 0 Å². The molecule has 0 spiro atoms. The van der Waals surface area contributed by atoms with Crippen molar-refractivity contribution in [3.05, 3.63) is 35.4 Å². The van der Waals surface area contributed by atoms with Crippen molar-refractivity contribution in [3.8, 4) is 0 Å². The topological polar surface area (TPSA) is 47.3 Å². The Morgan fingerprint density at radius 3 is 2.53 bits per heavy atom.